The second-order valence-corrected chi connectivity index (χ2v) is 10.7. The number of benzene rings is 1. The number of hydrogen-bond donors (Lipinski definition) is 0. The Kier molecular flexibility index (Phi) is 5.73. The van der Waals surface area contributed by atoms with Crippen molar-refractivity contribution in [2.24, 2.45) is 5.92 Å². The van der Waals surface area contributed by atoms with Gasteiger partial charge >= 0.3 is 0 Å². The number of quaternary nitrogens is 1. The van der Waals surface area contributed by atoms with Crippen LogP contribution in [0.2, 0.25) is 0 Å². The minimum atomic E-state index is 0.164. The highest BCUT2D eigenvalue weighted by Gasteiger charge is 2.45. The maximum absolute atomic E-state index is 6.87. The Hall–Kier alpha value is -1.12. The van der Waals surface area contributed by atoms with Crippen LogP contribution in [-0.2, 0) is 11.3 Å². The summed E-state index contributed by atoms with van der Waals surface area (Å²) in [6.07, 6.45) is 12.8. The fourth-order valence-corrected chi connectivity index (χ4v) is 5.82. The SMILES string of the molecule is CC(C)(CC1OC2CCCCC2C2=C1CCCC2)[N+](C)(C)Cc1ccccc1. The van der Waals surface area contributed by atoms with E-state index in [0.717, 1.165) is 23.4 Å². The second kappa shape index (κ2) is 7.95. The van der Waals surface area contributed by atoms with Gasteiger partial charge in [0.15, 0.2) is 0 Å². The molecular weight excluding hydrogens is 342 g/mol. The summed E-state index contributed by atoms with van der Waals surface area (Å²) in [6, 6.07) is 11.0. The molecule has 0 amide bonds. The van der Waals surface area contributed by atoms with Gasteiger partial charge in [0.2, 0.25) is 0 Å². The third-order valence-electron chi connectivity index (χ3n) is 8.18. The lowest BCUT2D eigenvalue weighted by atomic mass is 9.71. The largest absolute Gasteiger partial charge is 0.370 e. The highest BCUT2D eigenvalue weighted by Crippen LogP contribution is 2.47. The monoisotopic (exact) mass is 382 g/mol. The number of rotatable bonds is 5. The lowest BCUT2D eigenvalue weighted by Gasteiger charge is -2.50. The fourth-order valence-electron chi connectivity index (χ4n) is 5.82. The Morgan fingerprint density at radius 2 is 1.61 bits per heavy atom. The van der Waals surface area contributed by atoms with Gasteiger partial charge in [0.05, 0.1) is 31.8 Å². The molecule has 0 bridgehead atoms. The van der Waals surface area contributed by atoms with E-state index >= 15 is 0 Å². The number of ether oxygens (including phenoxy) is 1. The normalized spacial score (nSPS) is 28.6. The van der Waals surface area contributed by atoms with Crippen LogP contribution in [0.5, 0.6) is 0 Å². The first-order chi connectivity index (χ1) is 13.4. The van der Waals surface area contributed by atoms with Crippen molar-refractivity contribution in [2.75, 3.05) is 14.1 Å². The fraction of sp³-hybridized carbons (Fsp3) is 0.692. The molecule has 3 unspecified atom stereocenters. The van der Waals surface area contributed by atoms with Gasteiger partial charge in [-0.1, -0.05) is 48.7 Å². The Balaban J connectivity index is 1.55. The van der Waals surface area contributed by atoms with Gasteiger partial charge in [-0.05, 0) is 57.9 Å². The molecule has 1 fully saturated rings. The van der Waals surface area contributed by atoms with Crippen molar-refractivity contribution in [1.82, 2.24) is 0 Å². The summed E-state index contributed by atoms with van der Waals surface area (Å²) < 4.78 is 7.87. The molecule has 0 radical (unpaired) electrons. The molecule has 2 aliphatic carbocycles. The molecule has 1 aromatic rings. The standard InChI is InChI=1S/C26H40NO/c1-26(2,27(3,4)19-20-12-6-5-7-13-20)18-25-23-16-9-8-14-21(23)22-15-10-11-17-24(22)28-25/h5-7,12-13,22,24-25H,8-11,14-19H2,1-4H3/q+1. The lowest BCUT2D eigenvalue weighted by molar-refractivity contribution is -0.951. The Bertz CT molecular complexity index is 702. The number of nitrogens with zero attached hydrogens (tertiary/aromatic N) is 1. The summed E-state index contributed by atoms with van der Waals surface area (Å²) in [4.78, 5) is 0. The van der Waals surface area contributed by atoms with Gasteiger partial charge in [-0.25, -0.2) is 0 Å². The second-order valence-electron chi connectivity index (χ2n) is 10.7. The zero-order chi connectivity index (χ0) is 19.8. The zero-order valence-corrected chi connectivity index (χ0v) is 18.5. The van der Waals surface area contributed by atoms with Crippen LogP contribution in [-0.4, -0.2) is 36.3 Å². The van der Waals surface area contributed by atoms with Crippen LogP contribution in [0.15, 0.2) is 41.5 Å². The molecule has 0 saturated heterocycles. The quantitative estimate of drug-likeness (QED) is 0.431. The van der Waals surface area contributed by atoms with E-state index in [1.54, 1.807) is 5.57 Å². The Labute approximate surface area is 172 Å². The Morgan fingerprint density at radius 1 is 0.929 bits per heavy atom. The molecule has 1 aromatic carbocycles. The summed E-state index contributed by atoms with van der Waals surface area (Å²) in [5.74, 6) is 0.746. The topological polar surface area (TPSA) is 9.23 Å². The molecule has 0 N–H and O–H groups in total. The molecule has 2 heteroatoms. The van der Waals surface area contributed by atoms with Gasteiger partial charge in [-0.3, -0.25) is 0 Å². The van der Waals surface area contributed by atoms with E-state index in [1.165, 1.54) is 56.9 Å². The number of fused-ring (bicyclic) bond motifs is 2. The van der Waals surface area contributed by atoms with Crippen molar-refractivity contribution in [2.45, 2.75) is 95.9 Å². The maximum Gasteiger partial charge on any atom is 0.104 e. The van der Waals surface area contributed by atoms with Crippen LogP contribution in [0.1, 0.15) is 77.2 Å². The van der Waals surface area contributed by atoms with Crippen molar-refractivity contribution < 1.29 is 9.22 Å². The lowest BCUT2D eigenvalue weighted by Crippen LogP contribution is -2.57. The van der Waals surface area contributed by atoms with Crippen molar-refractivity contribution in [3.63, 3.8) is 0 Å². The zero-order valence-electron chi connectivity index (χ0n) is 18.5. The van der Waals surface area contributed by atoms with E-state index in [2.05, 4.69) is 58.3 Å². The first-order valence-electron chi connectivity index (χ1n) is 11.6. The van der Waals surface area contributed by atoms with E-state index in [9.17, 15) is 0 Å². The number of hydrogen-bond acceptors (Lipinski definition) is 1. The van der Waals surface area contributed by atoms with Crippen LogP contribution < -0.4 is 0 Å². The highest BCUT2D eigenvalue weighted by molar-refractivity contribution is 5.28. The molecule has 3 atom stereocenters. The smallest absolute Gasteiger partial charge is 0.104 e. The van der Waals surface area contributed by atoms with Gasteiger partial charge in [0.1, 0.15) is 6.54 Å². The molecule has 28 heavy (non-hydrogen) atoms. The first kappa shape index (κ1) is 20.2. The molecule has 154 valence electrons. The molecule has 1 saturated carbocycles. The Morgan fingerprint density at radius 3 is 2.36 bits per heavy atom. The molecule has 1 aliphatic heterocycles. The average Bonchev–Trinajstić information content (AvgIpc) is 2.68. The summed E-state index contributed by atoms with van der Waals surface area (Å²) in [5, 5.41) is 0. The highest BCUT2D eigenvalue weighted by atomic mass is 16.5. The third-order valence-corrected chi connectivity index (χ3v) is 8.18. The van der Waals surface area contributed by atoms with Crippen molar-refractivity contribution in [1.29, 1.82) is 0 Å². The average molecular weight is 383 g/mol. The van der Waals surface area contributed by atoms with Crippen molar-refractivity contribution in [3.05, 3.63) is 47.0 Å². The summed E-state index contributed by atoms with van der Waals surface area (Å²) in [5.41, 5.74) is 5.13. The minimum Gasteiger partial charge on any atom is -0.370 e. The third kappa shape index (κ3) is 3.96. The maximum atomic E-state index is 6.87. The molecule has 0 spiro atoms. The van der Waals surface area contributed by atoms with Gasteiger partial charge in [0, 0.05) is 17.9 Å². The van der Waals surface area contributed by atoms with E-state index in [4.69, 9.17) is 4.74 Å². The van der Waals surface area contributed by atoms with Gasteiger partial charge in [0.25, 0.3) is 0 Å². The van der Waals surface area contributed by atoms with Crippen molar-refractivity contribution >= 4 is 0 Å². The van der Waals surface area contributed by atoms with Crippen LogP contribution in [0, 0.1) is 5.92 Å². The minimum absolute atomic E-state index is 0.164. The van der Waals surface area contributed by atoms with E-state index in [1.807, 2.05) is 5.57 Å². The molecule has 2 nitrogen and oxygen atoms in total. The molecule has 4 rings (SSSR count). The summed E-state index contributed by atoms with van der Waals surface area (Å²) in [6.45, 7) is 5.98. The molecule has 0 aromatic heterocycles. The van der Waals surface area contributed by atoms with Gasteiger partial charge < -0.3 is 9.22 Å². The van der Waals surface area contributed by atoms with Crippen LogP contribution >= 0.6 is 0 Å². The van der Waals surface area contributed by atoms with Gasteiger partial charge in [-0.15, -0.1) is 0 Å². The summed E-state index contributed by atoms with van der Waals surface area (Å²) >= 11 is 0. The van der Waals surface area contributed by atoms with Crippen LogP contribution in [0.25, 0.3) is 0 Å². The summed E-state index contributed by atoms with van der Waals surface area (Å²) in [7, 11) is 4.80. The predicted octanol–water partition coefficient (Wildman–Crippen LogP) is 6.26. The van der Waals surface area contributed by atoms with Crippen molar-refractivity contribution in [3.8, 4) is 0 Å². The van der Waals surface area contributed by atoms with Crippen LogP contribution in [0.3, 0.4) is 0 Å². The van der Waals surface area contributed by atoms with E-state index in [-0.39, 0.29) is 5.54 Å². The first-order valence-corrected chi connectivity index (χ1v) is 11.6. The van der Waals surface area contributed by atoms with Crippen LogP contribution in [0.4, 0.5) is 0 Å². The molecule has 3 aliphatic rings. The molecular formula is C26H40NO+. The molecule has 1 heterocycles. The van der Waals surface area contributed by atoms with E-state index in [0.29, 0.717) is 12.2 Å². The van der Waals surface area contributed by atoms with E-state index < -0.39 is 0 Å². The predicted molar refractivity (Wildman–Crippen MR) is 117 cm³/mol. The van der Waals surface area contributed by atoms with Gasteiger partial charge in [-0.2, -0.15) is 0 Å².